The normalized spacial score (nSPS) is 11.6. The first-order chi connectivity index (χ1) is 15.3. The van der Waals surface area contributed by atoms with Gasteiger partial charge in [-0.05, 0) is 67.1 Å². The van der Waals surface area contributed by atoms with Gasteiger partial charge in [0.15, 0.2) is 0 Å². The van der Waals surface area contributed by atoms with E-state index in [9.17, 15) is 17.6 Å². The topological polar surface area (TPSA) is 65.4 Å². The van der Waals surface area contributed by atoms with Crippen molar-refractivity contribution < 1.29 is 17.5 Å². The van der Waals surface area contributed by atoms with Crippen LogP contribution in [-0.4, -0.2) is 19.6 Å². The number of fused-ring (bicyclic) bond motifs is 1. The third-order valence-electron chi connectivity index (χ3n) is 5.01. The number of ether oxygens (including phenoxy) is 1. The van der Waals surface area contributed by atoms with Gasteiger partial charge in [0.25, 0.3) is 0 Å². The van der Waals surface area contributed by atoms with Crippen LogP contribution in [0.1, 0.15) is 12.5 Å². The minimum Gasteiger partial charge on any atom is -0.494 e. The zero-order chi connectivity index (χ0) is 22.9. The van der Waals surface area contributed by atoms with Crippen molar-refractivity contribution in [3.63, 3.8) is 0 Å². The third kappa shape index (κ3) is 4.26. The molecule has 0 spiro atoms. The second-order valence-corrected chi connectivity index (χ2v) is 9.50. The summed E-state index contributed by atoms with van der Waals surface area (Å²) in [7, 11) is -4.19. The molecule has 32 heavy (non-hydrogen) atoms. The van der Waals surface area contributed by atoms with Crippen LogP contribution in [0.5, 0.6) is 5.75 Å². The van der Waals surface area contributed by atoms with Gasteiger partial charge in [0.2, 0.25) is 15.3 Å². The molecule has 0 fully saturated rings. The van der Waals surface area contributed by atoms with E-state index in [-0.39, 0.29) is 15.2 Å². The maximum Gasteiger partial charge on any atom is 0.211 e. The number of hydrogen-bond acceptors (Lipinski definition) is 4. The van der Waals surface area contributed by atoms with Gasteiger partial charge >= 0.3 is 0 Å². The van der Waals surface area contributed by atoms with Crippen LogP contribution >= 0.6 is 11.6 Å². The highest BCUT2D eigenvalue weighted by atomic mass is 35.5. The van der Waals surface area contributed by atoms with Crippen LogP contribution in [0.25, 0.3) is 10.9 Å². The van der Waals surface area contributed by atoms with Crippen LogP contribution in [0.3, 0.4) is 0 Å². The highest BCUT2D eigenvalue weighted by molar-refractivity contribution is 7.91. The van der Waals surface area contributed by atoms with Crippen LogP contribution in [0, 0.1) is 5.82 Å². The highest BCUT2D eigenvalue weighted by Gasteiger charge is 2.24. The summed E-state index contributed by atoms with van der Waals surface area (Å²) >= 11 is 5.97. The first-order valence-corrected chi connectivity index (χ1v) is 11.7. The van der Waals surface area contributed by atoms with E-state index >= 15 is 0 Å². The predicted molar refractivity (Wildman–Crippen MR) is 122 cm³/mol. The minimum absolute atomic E-state index is 0.158. The van der Waals surface area contributed by atoms with Gasteiger partial charge in [-0.2, -0.15) is 0 Å². The molecule has 164 valence electrons. The Balaban J connectivity index is 1.95. The molecule has 5 nitrogen and oxygen atoms in total. The number of hydrogen-bond donors (Lipinski definition) is 0. The lowest BCUT2D eigenvalue weighted by atomic mass is 10.1. The predicted octanol–water partition coefficient (Wildman–Crippen LogP) is 5.07. The maximum absolute atomic E-state index is 13.3. The van der Waals surface area contributed by atoms with Crippen LogP contribution in [-0.2, 0) is 16.4 Å². The molecule has 1 aromatic heterocycles. The smallest absolute Gasteiger partial charge is 0.211 e. The Bertz CT molecular complexity index is 1450. The Morgan fingerprint density at radius 1 is 1.00 bits per heavy atom. The summed E-state index contributed by atoms with van der Waals surface area (Å²) in [5.41, 5.74) is 0.794. The van der Waals surface area contributed by atoms with Gasteiger partial charge < -0.3 is 9.30 Å². The van der Waals surface area contributed by atoms with E-state index in [1.54, 1.807) is 34.9 Å². The lowest BCUT2D eigenvalue weighted by molar-refractivity contribution is 0.340. The second-order valence-electron chi connectivity index (χ2n) is 7.15. The van der Waals surface area contributed by atoms with Crippen molar-refractivity contribution >= 4 is 32.3 Å². The summed E-state index contributed by atoms with van der Waals surface area (Å²) in [5, 5.41) is 0.799. The molecule has 0 bridgehead atoms. The number of nitrogens with zero attached hydrogens (tertiary/aromatic N) is 1. The fourth-order valence-corrected chi connectivity index (χ4v) is 4.95. The third-order valence-corrected chi connectivity index (χ3v) is 7.02. The van der Waals surface area contributed by atoms with Crippen LogP contribution in [0.15, 0.2) is 87.5 Å². The van der Waals surface area contributed by atoms with E-state index in [2.05, 4.69) is 0 Å². The number of benzene rings is 3. The van der Waals surface area contributed by atoms with Crippen molar-refractivity contribution in [3.8, 4) is 5.75 Å². The van der Waals surface area contributed by atoms with Crippen LogP contribution in [0.4, 0.5) is 4.39 Å². The average molecular weight is 472 g/mol. The summed E-state index contributed by atoms with van der Waals surface area (Å²) in [6.45, 7) is 2.53. The van der Waals surface area contributed by atoms with Crippen molar-refractivity contribution in [1.29, 1.82) is 0 Å². The number of rotatable bonds is 6. The fourth-order valence-electron chi connectivity index (χ4n) is 3.46. The Labute approximate surface area is 189 Å². The Morgan fingerprint density at radius 2 is 1.69 bits per heavy atom. The Hall–Kier alpha value is -3.16. The summed E-state index contributed by atoms with van der Waals surface area (Å²) in [5.74, 6) is -0.101. The van der Waals surface area contributed by atoms with Crippen molar-refractivity contribution in [2.45, 2.75) is 23.3 Å². The minimum atomic E-state index is -4.19. The van der Waals surface area contributed by atoms with E-state index in [0.29, 0.717) is 29.4 Å². The average Bonchev–Trinajstić information content (AvgIpc) is 2.77. The monoisotopic (exact) mass is 471 g/mol. The molecular weight excluding hydrogens is 453 g/mol. The van der Waals surface area contributed by atoms with Gasteiger partial charge in [0.1, 0.15) is 16.5 Å². The molecule has 1 heterocycles. The molecule has 0 saturated carbocycles. The quantitative estimate of drug-likeness (QED) is 0.368. The van der Waals surface area contributed by atoms with Crippen LogP contribution < -0.4 is 10.2 Å². The van der Waals surface area contributed by atoms with Crippen molar-refractivity contribution in [2.75, 3.05) is 6.61 Å². The van der Waals surface area contributed by atoms with E-state index in [1.807, 2.05) is 19.1 Å². The number of sulfone groups is 1. The summed E-state index contributed by atoms with van der Waals surface area (Å²) < 4.78 is 47.1. The van der Waals surface area contributed by atoms with Gasteiger partial charge in [0, 0.05) is 17.8 Å². The van der Waals surface area contributed by atoms with Crippen molar-refractivity contribution in [3.05, 3.63) is 99.6 Å². The second kappa shape index (κ2) is 8.76. The van der Waals surface area contributed by atoms with E-state index in [4.69, 9.17) is 16.3 Å². The molecule has 3 aromatic carbocycles. The van der Waals surface area contributed by atoms with E-state index in [1.165, 1.54) is 6.20 Å². The standard InChI is InChI=1S/C24H19ClFNO4S/c1-2-31-19-9-12-22-21(13-19)24(28)23(32(29,30)20-10-7-18(26)8-11-20)15-27(22)14-16-3-5-17(25)6-4-16/h3-13,15H,2,14H2,1H3. The summed E-state index contributed by atoms with van der Waals surface area (Å²) in [6.07, 6.45) is 1.33. The molecule has 0 aliphatic carbocycles. The molecule has 4 rings (SSSR count). The lowest BCUT2D eigenvalue weighted by Gasteiger charge is -2.15. The lowest BCUT2D eigenvalue weighted by Crippen LogP contribution is -2.20. The summed E-state index contributed by atoms with van der Waals surface area (Å²) in [4.78, 5) is 12.7. The van der Waals surface area contributed by atoms with Gasteiger partial charge in [-0.3, -0.25) is 4.79 Å². The number of pyridine rings is 1. The molecule has 0 atom stereocenters. The summed E-state index contributed by atoms with van der Waals surface area (Å²) in [6, 6.07) is 16.5. The Kier molecular flexibility index (Phi) is 6.04. The molecule has 0 amide bonds. The van der Waals surface area contributed by atoms with Crippen LogP contribution in [0.2, 0.25) is 5.02 Å². The molecule has 0 saturated heterocycles. The molecular formula is C24H19ClFNO4S. The SMILES string of the molecule is CCOc1ccc2c(c1)c(=O)c(S(=O)(=O)c1ccc(F)cc1)cn2Cc1ccc(Cl)cc1. The molecule has 0 aliphatic heterocycles. The van der Waals surface area contributed by atoms with E-state index < -0.39 is 21.1 Å². The van der Waals surface area contributed by atoms with Gasteiger partial charge in [-0.15, -0.1) is 0 Å². The van der Waals surface area contributed by atoms with Gasteiger partial charge in [0.05, 0.1) is 22.4 Å². The molecule has 8 heteroatoms. The van der Waals surface area contributed by atoms with Crippen molar-refractivity contribution in [1.82, 2.24) is 4.57 Å². The van der Waals surface area contributed by atoms with E-state index in [0.717, 1.165) is 29.8 Å². The Morgan fingerprint density at radius 3 is 2.34 bits per heavy atom. The first-order valence-electron chi connectivity index (χ1n) is 9.84. The highest BCUT2D eigenvalue weighted by Crippen LogP contribution is 2.25. The fraction of sp³-hybridized carbons (Fsp3) is 0.125. The number of aromatic nitrogens is 1. The zero-order valence-corrected chi connectivity index (χ0v) is 18.7. The molecule has 0 radical (unpaired) electrons. The molecule has 0 unspecified atom stereocenters. The largest absolute Gasteiger partial charge is 0.494 e. The van der Waals surface area contributed by atoms with Gasteiger partial charge in [-0.1, -0.05) is 23.7 Å². The first kappa shape index (κ1) is 22.0. The molecule has 4 aromatic rings. The maximum atomic E-state index is 13.3. The van der Waals surface area contributed by atoms with Gasteiger partial charge in [-0.25, -0.2) is 12.8 Å². The molecule has 0 N–H and O–H groups in total. The molecule has 0 aliphatic rings. The number of halogens is 2. The van der Waals surface area contributed by atoms with Crippen molar-refractivity contribution in [2.24, 2.45) is 0 Å². The zero-order valence-electron chi connectivity index (χ0n) is 17.1.